The molecule has 0 aromatic carbocycles. The number of nitrogens with one attached hydrogen (secondary N) is 1. The number of aliphatic carboxylic acids is 1. The summed E-state index contributed by atoms with van der Waals surface area (Å²) in [5.41, 5.74) is 1.86. The van der Waals surface area contributed by atoms with Gasteiger partial charge in [0.2, 0.25) is 5.91 Å². The third-order valence-corrected chi connectivity index (χ3v) is 4.40. The molecule has 0 unspecified atom stereocenters. The first-order valence-electron chi connectivity index (χ1n) is 8.01. The molecule has 1 aliphatic rings. The number of hydrogen-bond acceptors (Lipinski definition) is 3. The largest absolute Gasteiger partial charge is 0.481 e. The minimum absolute atomic E-state index is 0.162. The molecule has 5 heteroatoms. The molecule has 3 atom stereocenters. The lowest BCUT2D eigenvalue weighted by Gasteiger charge is -2.29. The van der Waals surface area contributed by atoms with Crippen LogP contribution in [0.1, 0.15) is 44.0 Å². The lowest BCUT2D eigenvalue weighted by atomic mass is 9.82. The third kappa shape index (κ3) is 3.97. The number of aromatic nitrogens is 1. The van der Waals surface area contributed by atoms with Gasteiger partial charge in [-0.25, -0.2) is 0 Å². The molecule has 2 rings (SSSR count). The van der Waals surface area contributed by atoms with Crippen molar-refractivity contribution >= 4 is 11.9 Å². The van der Waals surface area contributed by atoms with E-state index in [4.69, 9.17) is 0 Å². The van der Waals surface area contributed by atoms with Crippen LogP contribution in [-0.4, -0.2) is 22.0 Å². The molecule has 0 radical (unpaired) electrons. The molecular formula is C18H24N2O3. The Balaban J connectivity index is 2.20. The number of rotatable bonds is 5. The van der Waals surface area contributed by atoms with E-state index in [2.05, 4.69) is 10.3 Å². The second kappa shape index (κ2) is 7.40. The Kier molecular flexibility index (Phi) is 5.53. The van der Waals surface area contributed by atoms with Crippen molar-refractivity contribution in [2.75, 3.05) is 0 Å². The first-order valence-corrected chi connectivity index (χ1v) is 8.01. The maximum absolute atomic E-state index is 12.7. The summed E-state index contributed by atoms with van der Waals surface area (Å²) in [6.45, 7) is 6.01. The second-order valence-corrected chi connectivity index (χ2v) is 6.43. The average molecular weight is 316 g/mol. The Labute approximate surface area is 136 Å². The zero-order chi connectivity index (χ0) is 17.0. The summed E-state index contributed by atoms with van der Waals surface area (Å²) >= 11 is 0. The van der Waals surface area contributed by atoms with E-state index in [1.807, 2.05) is 45.1 Å². The monoisotopic (exact) mass is 316 g/mol. The number of carboxylic acids is 1. The zero-order valence-corrected chi connectivity index (χ0v) is 13.8. The predicted octanol–water partition coefficient (Wildman–Crippen LogP) is 2.87. The molecule has 5 nitrogen and oxygen atoms in total. The molecule has 0 saturated carbocycles. The van der Waals surface area contributed by atoms with Crippen molar-refractivity contribution in [1.29, 1.82) is 0 Å². The van der Waals surface area contributed by atoms with Gasteiger partial charge in [0.05, 0.1) is 23.6 Å². The summed E-state index contributed by atoms with van der Waals surface area (Å²) in [7, 11) is 0. The molecule has 0 fully saturated rings. The van der Waals surface area contributed by atoms with Gasteiger partial charge >= 0.3 is 5.97 Å². The van der Waals surface area contributed by atoms with Gasteiger partial charge < -0.3 is 10.4 Å². The Bertz CT molecular complexity index is 610. The number of carbonyl (C=O) groups excluding carboxylic acids is 1. The molecule has 0 aliphatic heterocycles. The highest BCUT2D eigenvalue weighted by molar-refractivity contribution is 5.85. The number of carbonyl (C=O) groups is 2. The molecular weight excluding hydrogens is 292 g/mol. The molecule has 1 aromatic rings. The van der Waals surface area contributed by atoms with Crippen LogP contribution >= 0.6 is 0 Å². The van der Waals surface area contributed by atoms with Gasteiger partial charge in [0, 0.05) is 6.20 Å². The summed E-state index contributed by atoms with van der Waals surface area (Å²) in [5, 5.41) is 12.4. The van der Waals surface area contributed by atoms with Crippen molar-refractivity contribution in [2.45, 2.75) is 39.7 Å². The topological polar surface area (TPSA) is 79.3 Å². The van der Waals surface area contributed by atoms with E-state index in [1.165, 1.54) is 0 Å². The number of nitrogens with zero attached hydrogens (tertiary/aromatic N) is 1. The standard InChI is InChI=1S/C18H24N2O3/c1-11(2)15(16-12(3)7-6-10-19-16)20-17(21)13-8-4-5-9-14(13)18(22)23/h4-7,10-11,13-15H,8-9H2,1-3H3,(H,20,21)(H,22,23)/t13-,14+,15-/m1/s1. The van der Waals surface area contributed by atoms with Gasteiger partial charge in [-0.15, -0.1) is 0 Å². The number of carboxylic acid groups (broad SMARTS) is 1. The minimum Gasteiger partial charge on any atom is -0.481 e. The van der Waals surface area contributed by atoms with Gasteiger partial charge in [-0.05, 0) is 37.3 Å². The normalized spacial score (nSPS) is 21.9. The highest BCUT2D eigenvalue weighted by Crippen LogP contribution is 2.29. The number of amides is 1. The SMILES string of the molecule is Cc1cccnc1[C@H](NC(=O)[C@@H]1CC=CC[C@@H]1C(=O)O)C(C)C. The van der Waals surface area contributed by atoms with Gasteiger partial charge in [-0.2, -0.15) is 0 Å². The highest BCUT2D eigenvalue weighted by Gasteiger charge is 2.35. The van der Waals surface area contributed by atoms with Crippen LogP contribution in [0.5, 0.6) is 0 Å². The quantitative estimate of drug-likeness (QED) is 0.819. The van der Waals surface area contributed by atoms with E-state index in [0.29, 0.717) is 12.8 Å². The summed E-state index contributed by atoms with van der Waals surface area (Å²) in [6, 6.07) is 3.61. The van der Waals surface area contributed by atoms with Crippen molar-refractivity contribution in [3.05, 3.63) is 41.7 Å². The van der Waals surface area contributed by atoms with E-state index in [0.717, 1.165) is 11.3 Å². The van der Waals surface area contributed by atoms with Crippen LogP contribution < -0.4 is 5.32 Å². The van der Waals surface area contributed by atoms with Crippen LogP contribution in [0.25, 0.3) is 0 Å². The Morgan fingerprint density at radius 2 is 1.91 bits per heavy atom. The number of hydrogen-bond donors (Lipinski definition) is 2. The zero-order valence-electron chi connectivity index (χ0n) is 13.8. The molecule has 0 bridgehead atoms. The van der Waals surface area contributed by atoms with Crippen LogP contribution in [0.15, 0.2) is 30.5 Å². The van der Waals surface area contributed by atoms with E-state index in [9.17, 15) is 14.7 Å². The van der Waals surface area contributed by atoms with Crippen LogP contribution in [0.4, 0.5) is 0 Å². The van der Waals surface area contributed by atoms with Crippen LogP contribution in [0.3, 0.4) is 0 Å². The third-order valence-electron chi connectivity index (χ3n) is 4.40. The van der Waals surface area contributed by atoms with E-state index >= 15 is 0 Å². The summed E-state index contributed by atoms with van der Waals surface area (Å²) in [4.78, 5) is 28.5. The van der Waals surface area contributed by atoms with Crippen LogP contribution in [0.2, 0.25) is 0 Å². The molecule has 0 spiro atoms. The van der Waals surface area contributed by atoms with Crippen molar-refractivity contribution in [1.82, 2.24) is 10.3 Å². The van der Waals surface area contributed by atoms with Crippen molar-refractivity contribution < 1.29 is 14.7 Å². The molecule has 1 aliphatic carbocycles. The maximum Gasteiger partial charge on any atom is 0.307 e. The second-order valence-electron chi connectivity index (χ2n) is 6.43. The first-order chi connectivity index (χ1) is 10.9. The van der Waals surface area contributed by atoms with Crippen molar-refractivity contribution in [3.8, 4) is 0 Å². The summed E-state index contributed by atoms with van der Waals surface area (Å²) in [6.07, 6.45) is 6.32. The highest BCUT2D eigenvalue weighted by atomic mass is 16.4. The lowest BCUT2D eigenvalue weighted by Crippen LogP contribution is -2.42. The Hall–Kier alpha value is -2.17. The van der Waals surface area contributed by atoms with Crippen molar-refractivity contribution in [3.63, 3.8) is 0 Å². The number of allylic oxidation sites excluding steroid dienone is 2. The first kappa shape index (κ1) is 17.2. The molecule has 23 heavy (non-hydrogen) atoms. The fourth-order valence-electron chi connectivity index (χ4n) is 3.01. The number of aryl methyl sites for hydroxylation is 1. The molecule has 2 N–H and O–H groups in total. The molecule has 124 valence electrons. The van der Waals surface area contributed by atoms with Crippen LogP contribution in [-0.2, 0) is 9.59 Å². The fraction of sp³-hybridized carbons (Fsp3) is 0.500. The summed E-state index contributed by atoms with van der Waals surface area (Å²) in [5.74, 6) is -2.13. The number of pyridine rings is 1. The summed E-state index contributed by atoms with van der Waals surface area (Å²) < 4.78 is 0. The van der Waals surface area contributed by atoms with E-state index in [1.54, 1.807) is 6.20 Å². The smallest absolute Gasteiger partial charge is 0.307 e. The van der Waals surface area contributed by atoms with Gasteiger partial charge in [0.1, 0.15) is 0 Å². The molecule has 1 heterocycles. The van der Waals surface area contributed by atoms with E-state index < -0.39 is 17.8 Å². The fourth-order valence-corrected chi connectivity index (χ4v) is 3.01. The molecule has 1 aromatic heterocycles. The van der Waals surface area contributed by atoms with Gasteiger partial charge in [0.15, 0.2) is 0 Å². The Morgan fingerprint density at radius 3 is 2.48 bits per heavy atom. The average Bonchev–Trinajstić information content (AvgIpc) is 2.53. The van der Waals surface area contributed by atoms with Gasteiger partial charge in [-0.3, -0.25) is 14.6 Å². The predicted molar refractivity (Wildman–Crippen MR) is 87.7 cm³/mol. The molecule has 1 amide bonds. The van der Waals surface area contributed by atoms with Gasteiger partial charge in [-0.1, -0.05) is 32.1 Å². The Morgan fingerprint density at radius 1 is 1.26 bits per heavy atom. The lowest BCUT2D eigenvalue weighted by molar-refractivity contribution is -0.147. The van der Waals surface area contributed by atoms with Crippen molar-refractivity contribution in [2.24, 2.45) is 17.8 Å². The minimum atomic E-state index is -0.912. The maximum atomic E-state index is 12.7. The van der Waals surface area contributed by atoms with Gasteiger partial charge in [0.25, 0.3) is 0 Å². The van der Waals surface area contributed by atoms with Crippen LogP contribution in [0, 0.1) is 24.7 Å². The molecule has 0 saturated heterocycles. The van der Waals surface area contributed by atoms with E-state index in [-0.39, 0.29) is 17.9 Å².